The minimum atomic E-state index is -0.501. The molecule has 2 aromatic carbocycles. The molecule has 0 saturated carbocycles. The van der Waals surface area contributed by atoms with E-state index in [2.05, 4.69) is 0 Å². The van der Waals surface area contributed by atoms with E-state index < -0.39 is 19.1 Å². The molecule has 0 amide bonds. The molecule has 0 aliphatic heterocycles. The number of aromatic hydroxyl groups is 4. The Morgan fingerprint density at radius 2 is 1.04 bits per heavy atom. The third kappa shape index (κ3) is 2.74. The first-order chi connectivity index (χ1) is 11.2. The van der Waals surface area contributed by atoms with Crippen molar-refractivity contribution in [2.24, 2.45) is 0 Å². The van der Waals surface area contributed by atoms with E-state index in [1.165, 1.54) is 26.0 Å². The highest BCUT2D eigenvalue weighted by molar-refractivity contribution is 5.59. The van der Waals surface area contributed by atoms with Gasteiger partial charge in [-0.2, -0.15) is 0 Å². The third-order valence-corrected chi connectivity index (χ3v) is 4.51. The zero-order valence-electron chi connectivity index (χ0n) is 13.8. The van der Waals surface area contributed by atoms with Gasteiger partial charge < -0.3 is 30.6 Å². The van der Waals surface area contributed by atoms with Crippen molar-refractivity contribution in [1.29, 1.82) is 0 Å². The molecule has 0 radical (unpaired) electrons. The fourth-order valence-electron chi connectivity index (χ4n) is 2.86. The van der Waals surface area contributed by atoms with Gasteiger partial charge in [0.25, 0.3) is 0 Å². The molecular formula is C18H22O6. The van der Waals surface area contributed by atoms with E-state index in [-0.39, 0.29) is 45.3 Å². The standard InChI is InChI=1S/C18H22O6/c1-8(13-4-11(6-19)15(21)9(2)17(13)23)14-5-12(7-20)16(22)10(3)18(14)24/h4-5,8,19-24H,6-7H2,1-3H3. The normalized spacial score (nSPS) is 11.2. The van der Waals surface area contributed by atoms with E-state index in [4.69, 9.17) is 0 Å². The topological polar surface area (TPSA) is 121 Å². The number of aliphatic hydroxyl groups excluding tert-OH is 2. The largest absolute Gasteiger partial charge is 0.507 e. The van der Waals surface area contributed by atoms with Crippen LogP contribution in [-0.4, -0.2) is 30.6 Å². The predicted molar refractivity (Wildman–Crippen MR) is 88.4 cm³/mol. The molecule has 2 aromatic rings. The fourth-order valence-corrected chi connectivity index (χ4v) is 2.86. The van der Waals surface area contributed by atoms with Gasteiger partial charge in [-0.05, 0) is 26.0 Å². The van der Waals surface area contributed by atoms with E-state index in [0.29, 0.717) is 11.1 Å². The van der Waals surface area contributed by atoms with Gasteiger partial charge in [-0.1, -0.05) is 6.92 Å². The van der Waals surface area contributed by atoms with Crippen LogP contribution >= 0.6 is 0 Å². The minimum Gasteiger partial charge on any atom is -0.507 e. The Morgan fingerprint density at radius 3 is 1.33 bits per heavy atom. The Labute approximate surface area is 139 Å². The van der Waals surface area contributed by atoms with Crippen LogP contribution in [0.1, 0.15) is 46.2 Å². The molecule has 0 spiro atoms. The number of benzene rings is 2. The third-order valence-electron chi connectivity index (χ3n) is 4.51. The summed E-state index contributed by atoms with van der Waals surface area (Å²) in [7, 11) is 0. The summed E-state index contributed by atoms with van der Waals surface area (Å²) < 4.78 is 0. The van der Waals surface area contributed by atoms with Crippen LogP contribution in [-0.2, 0) is 13.2 Å². The Kier molecular flexibility index (Phi) is 4.91. The zero-order valence-corrected chi connectivity index (χ0v) is 13.8. The van der Waals surface area contributed by atoms with Crippen LogP contribution in [0.3, 0.4) is 0 Å². The van der Waals surface area contributed by atoms with Gasteiger partial charge in [0.1, 0.15) is 23.0 Å². The SMILES string of the molecule is Cc1c(O)c(CO)cc(C(C)c2cc(CO)c(O)c(C)c2O)c1O. The number of phenolic OH excluding ortho intramolecular Hbond substituents is 2. The minimum absolute atomic E-state index is 0.132. The molecule has 6 N–H and O–H groups in total. The van der Waals surface area contributed by atoms with Gasteiger partial charge in [0, 0.05) is 39.3 Å². The number of hydrogen-bond donors (Lipinski definition) is 6. The summed E-state index contributed by atoms with van der Waals surface area (Å²) in [6, 6.07) is 2.95. The lowest BCUT2D eigenvalue weighted by atomic mass is 9.86. The molecule has 0 bridgehead atoms. The van der Waals surface area contributed by atoms with E-state index >= 15 is 0 Å². The van der Waals surface area contributed by atoms with Crippen LogP contribution in [0, 0.1) is 13.8 Å². The molecule has 0 heterocycles. The first-order valence-corrected chi connectivity index (χ1v) is 7.54. The van der Waals surface area contributed by atoms with Gasteiger partial charge >= 0.3 is 0 Å². The van der Waals surface area contributed by atoms with E-state index in [1.807, 2.05) is 0 Å². The lowest BCUT2D eigenvalue weighted by Gasteiger charge is -2.21. The molecule has 0 saturated heterocycles. The molecule has 6 heteroatoms. The van der Waals surface area contributed by atoms with Crippen molar-refractivity contribution in [2.45, 2.75) is 39.9 Å². The first kappa shape index (κ1) is 17.9. The molecule has 0 aliphatic rings. The van der Waals surface area contributed by atoms with Crippen LogP contribution in [0.15, 0.2) is 12.1 Å². The first-order valence-electron chi connectivity index (χ1n) is 7.54. The van der Waals surface area contributed by atoms with Gasteiger partial charge in [0.05, 0.1) is 13.2 Å². The van der Waals surface area contributed by atoms with Crippen molar-refractivity contribution >= 4 is 0 Å². The second-order valence-corrected chi connectivity index (χ2v) is 5.93. The van der Waals surface area contributed by atoms with Gasteiger partial charge in [0.15, 0.2) is 0 Å². The second kappa shape index (κ2) is 6.59. The Bertz CT molecular complexity index is 717. The van der Waals surface area contributed by atoms with Gasteiger partial charge in [0.2, 0.25) is 0 Å². The molecule has 0 atom stereocenters. The van der Waals surface area contributed by atoms with Crippen molar-refractivity contribution in [1.82, 2.24) is 0 Å². The Morgan fingerprint density at radius 1 is 0.708 bits per heavy atom. The highest BCUT2D eigenvalue weighted by Gasteiger charge is 2.23. The monoisotopic (exact) mass is 334 g/mol. The molecule has 0 aliphatic carbocycles. The summed E-state index contributed by atoms with van der Waals surface area (Å²) in [5.74, 6) is -1.11. The van der Waals surface area contributed by atoms with Crippen LogP contribution in [0.25, 0.3) is 0 Å². The highest BCUT2D eigenvalue weighted by Crippen LogP contribution is 2.44. The van der Waals surface area contributed by atoms with E-state index in [9.17, 15) is 30.6 Å². The molecule has 0 unspecified atom stereocenters. The lowest BCUT2D eigenvalue weighted by molar-refractivity contribution is 0.274. The van der Waals surface area contributed by atoms with Crippen molar-refractivity contribution in [3.8, 4) is 23.0 Å². The molecular weight excluding hydrogens is 312 g/mol. The number of aliphatic hydroxyl groups is 2. The summed E-state index contributed by atoms with van der Waals surface area (Å²) in [5, 5.41) is 59.3. The average Bonchev–Trinajstić information content (AvgIpc) is 2.58. The van der Waals surface area contributed by atoms with Crippen molar-refractivity contribution in [2.75, 3.05) is 0 Å². The molecule has 0 fully saturated rings. The summed E-state index contributed by atoms with van der Waals surface area (Å²) in [5.41, 5.74) is 1.84. The number of rotatable bonds is 4. The maximum atomic E-state index is 10.3. The lowest BCUT2D eigenvalue weighted by Crippen LogP contribution is -2.03. The number of hydrogen-bond acceptors (Lipinski definition) is 6. The number of phenols is 4. The van der Waals surface area contributed by atoms with E-state index in [0.717, 1.165) is 0 Å². The quantitative estimate of drug-likeness (QED) is 0.510. The van der Waals surface area contributed by atoms with Crippen LogP contribution in [0.5, 0.6) is 23.0 Å². The second-order valence-electron chi connectivity index (χ2n) is 5.93. The molecule has 6 nitrogen and oxygen atoms in total. The summed E-state index contributed by atoms with van der Waals surface area (Å²) >= 11 is 0. The maximum absolute atomic E-state index is 10.3. The smallest absolute Gasteiger partial charge is 0.127 e. The van der Waals surface area contributed by atoms with Gasteiger partial charge in [-0.25, -0.2) is 0 Å². The predicted octanol–water partition coefficient (Wildman–Crippen LogP) is 2.26. The molecule has 0 aromatic heterocycles. The van der Waals surface area contributed by atoms with Crippen LogP contribution < -0.4 is 0 Å². The van der Waals surface area contributed by atoms with E-state index in [1.54, 1.807) is 6.92 Å². The summed E-state index contributed by atoms with van der Waals surface area (Å²) in [6.07, 6.45) is 0. The molecule has 130 valence electrons. The average molecular weight is 334 g/mol. The highest BCUT2D eigenvalue weighted by atomic mass is 16.3. The zero-order chi connectivity index (χ0) is 18.2. The Balaban J connectivity index is 2.68. The molecule has 2 rings (SSSR count). The van der Waals surface area contributed by atoms with Crippen molar-refractivity contribution in [3.05, 3.63) is 45.5 Å². The van der Waals surface area contributed by atoms with Crippen LogP contribution in [0.2, 0.25) is 0 Å². The maximum Gasteiger partial charge on any atom is 0.127 e. The van der Waals surface area contributed by atoms with Crippen molar-refractivity contribution in [3.63, 3.8) is 0 Å². The van der Waals surface area contributed by atoms with Gasteiger partial charge in [-0.15, -0.1) is 0 Å². The Hall–Kier alpha value is -2.44. The van der Waals surface area contributed by atoms with Gasteiger partial charge in [-0.3, -0.25) is 0 Å². The summed E-state index contributed by atoms with van der Waals surface area (Å²) in [6.45, 7) is 4.01. The van der Waals surface area contributed by atoms with Crippen LogP contribution in [0.4, 0.5) is 0 Å². The van der Waals surface area contributed by atoms with Crippen molar-refractivity contribution < 1.29 is 30.6 Å². The fraction of sp³-hybridized carbons (Fsp3) is 0.333. The summed E-state index contributed by atoms with van der Waals surface area (Å²) in [4.78, 5) is 0. The molecule has 24 heavy (non-hydrogen) atoms.